The van der Waals surface area contributed by atoms with Crippen LogP contribution in [0.1, 0.15) is 68.8 Å². The number of hydrogen-bond donors (Lipinski definition) is 3. The lowest BCUT2D eigenvalue weighted by molar-refractivity contribution is 0.0686. The molecule has 3 atom stereocenters. The van der Waals surface area contributed by atoms with Crippen LogP contribution in [0.4, 0.5) is 0 Å². The highest BCUT2D eigenvalue weighted by atomic mass is 32.1. The lowest BCUT2D eigenvalue weighted by atomic mass is 9.73. The zero-order valence-corrected chi connectivity index (χ0v) is 21.9. The molecule has 4 aromatic rings. The van der Waals surface area contributed by atoms with E-state index >= 15 is 0 Å². The Hall–Kier alpha value is -3.81. The summed E-state index contributed by atoms with van der Waals surface area (Å²) in [7, 11) is 0. The van der Waals surface area contributed by atoms with Crippen LogP contribution in [0.2, 0.25) is 0 Å². The number of aromatic carboxylic acids is 2. The minimum Gasteiger partial charge on any atom is -0.478 e. The second kappa shape index (κ2) is 10.9. The third kappa shape index (κ3) is 4.87. The van der Waals surface area contributed by atoms with Gasteiger partial charge in [-0.05, 0) is 58.3 Å². The van der Waals surface area contributed by atoms with Gasteiger partial charge in [-0.2, -0.15) is 0 Å². The predicted octanol–water partition coefficient (Wildman–Crippen LogP) is 6.60. The first-order valence-corrected chi connectivity index (χ1v) is 13.7. The largest absolute Gasteiger partial charge is 0.478 e. The number of rotatable bonds is 10. The summed E-state index contributed by atoms with van der Waals surface area (Å²) in [5.41, 5.74) is 1.52. The van der Waals surface area contributed by atoms with Gasteiger partial charge in [0.15, 0.2) is 0 Å². The van der Waals surface area contributed by atoms with Gasteiger partial charge in [-0.3, -0.25) is 10.3 Å². The molecule has 0 aliphatic carbocycles. The quantitative estimate of drug-likeness (QED) is 0.216. The molecular formula is C31H30N2O4S. The molecule has 2 heterocycles. The molecule has 38 heavy (non-hydrogen) atoms. The monoisotopic (exact) mass is 526 g/mol. The van der Waals surface area contributed by atoms with E-state index in [1.54, 1.807) is 29.5 Å². The number of hydrogen-bond acceptors (Lipinski definition) is 5. The van der Waals surface area contributed by atoms with Crippen molar-refractivity contribution in [1.82, 2.24) is 5.32 Å². The van der Waals surface area contributed by atoms with E-state index < -0.39 is 17.5 Å². The Balaban J connectivity index is 1.70. The zero-order chi connectivity index (χ0) is 26.7. The van der Waals surface area contributed by atoms with Crippen LogP contribution in [0.5, 0.6) is 0 Å². The Kier molecular flexibility index (Phi) is 7.40. The van der Waals surface area contributed by atoms with Gasteiger partial charge < -0.3 is 10.2 Å². The molecule has 0 saturated heterocycles. The number of thiophene rings is 1. The SMILES string of the molecule is CCCCC1N=CC(Cc2ccc(C(=O)O)c3ccccc23)(C(c2cccs2)c2ccccc2C(=O)O)N1. The molecule has 6 nitrogen and oxygen atoms in total. The molecule has 0 radical (unpaired) electrons. The van der Waals surface area contributed by atoms with Crippen LogP contribution in [0.15, 0.2) is 83.2 Å². The summed E-state index contributed by atoms with van der Waals surface area (Å²) in [6.45, 7) is 2.15. The van der Waals surface area contributed by atoms with Crippen molar-refractivity contribution in [3.05, 3.63) is 105 Å². The summed E-state index contributed by atoms with van der Waals surface area (Å²) in [4.78, 5) is 30.2. The van der Waals surface area contributed by atoms with Gasteiger partial charge in [0, 0.05) is 17.0 Å². The first-order chi connectivity index (χ1) is 18.4. The topological polar surface area (TPSA) is 99.0 Å². The van der Waals surface area contributed by atoms with Crippen molar-refractivity contribution >= 4 is 40.3 Å². The van der Waals surface area contributed by atoms with Crippen molar-refractivity contribution < 1.29 is 19.8 Å². The molecule has 0 amide bonds. The van der Waals surface area contributed by atoms with Crippen LogP contribution in [0.3, 0.4) is 0 Å². The summed E-state index contributed by atoms with van der Waals surface area (Å²) in [5.74, 6) is -2.25. The number of carboxylic acid groups (broad SMARTS) is 2. The zero-order valence-electron chi connectivity index (χ0n) is 21.1. The molecule has 3 aromatic carbocycles. The van der Waals surface area contributed by atoms with Gasteiger partial charge in [-0.1, -0.05) is 74.4 Å². The van der Waals surface area contributed by atoms with E-state index in [4.69, 9.17) is 4.99 Å². The maximum atomic E-state index is 12.3. The maximum Gasteiger partial charge on any atom is 0.336 e. The minimum absolute atomic E-state index is 0.0843. The van der Waals surface area contributed by atoms with E-state index in [1.807, 2.05) is 60.1 Å². The van der Waals surface area contributed by atoms with E-state index in [-0.39, 0.29) is 23.2 Å². The molecule has 0 fully saturated rings. The number of carboxylic acids is 2. The molecule has 1 aromatic heterocycles. The van der Waals surface area contributed by atoms with E-state index in [9.17, 15) is 19.8 Å². The van der Waals surface area contributed by atoms with Crippen LogP contribution >= 0.6 is 11.3 Å². The first kappa shape index (κ1) is 25.8. The van der Waals surface area contributed by atoms with Crippen LogP contribution in [0, 0.1) is 0 Å². The Morgan fingerprint density at radius 3 is 2.39 bits per heavy atom. The van der Waals surface area contributed by atoms with E-state index in [0.29, 0.717) is 11.8 Å². The van der Waals surface area contributed by atoms with Crippen molar-refractivity contribution in [3.63, 3.8) is 0 Å². The molecule has 1 aliphatic rings. The number of nitrogens with one attached hydrogen (secondary N) is 1. The average molecular weight is 527 g/mol. The summed E-state index contributed by atoms with van der Waals surface area (Å²) >= 11 is 1.60. The van der Waals surface area contributed by atoms with Gasteiger partial charge in [0.25, 0.3) is 0 Å². The number of carbonyl (C=O) groups is 2. The summed E-state index contributed by atoms with van der Waals surface area (Å²) in [5, 5.41) is 27.3. The van der Waals surface area contributed by atoms with E-state index in [0.717, 1.165) is 40.7 Å². The van der Waals surface area contributed by atoms with Crippen molar-refractivity contribution in [2.24, 2.45) is 4.99 Å². The van der Waals surface area contributed by atoms with Crippen molar-refractivity contribution in [2.45, 2.75) is 50.2 Å². The summed E-state index contributed by atoms with van der Waals surface area (Å²) in [6.07, 6.45) is 5.37. The van der Waals surface area contributed by atoms with Crippen LogP contribution in [-0.2, 0) is 6.42 Å². The van der Waals surface area contributed by atoms with Crippen LogP contribution < -0.4 is 5.32 Å². The Labute approximate surface area is 225 Å². The standard InChI is InChI=1S/C31H30N2O4S/c1-2-3-14-27-32-19-31(33-27,18-20-15-16-25(30(36)37)22-10-5-4-9-21(20)22)28(26-13-8-17-38-26)23-11-6-7-12-24(23)29(34)35/h4-13,15-17,19,27-28,33H,2-3,14,18H2,1H3,(H,34,35)(H,36,37). The lowest BCUT2D eigenvalue weighted by Gasteiger charge is -2.38. The molecule has 0 bridgehead atoms. The molecule has 7 heteroatoms. The smallest absolute Gasteiger partial charge is 0.336 e. The fourth-order valence-corrected chi connectivity index (χ4v) is 6.55. The number of benzene rings is 3. The highest BCUT2D eigenvalue weighted by Crippen LogP contribution is 2.43. The normalized spacial score (nSPS) is 19.6. The summed E-state index contributed by atoms with van der Waals surface area (Å²) in [6, 6.07) is 22.3. The Morgan fingerprint density at radius 2 is 1.68 bits per heavy atom. The number of fused-ring (bicyclic) bond motifs is 1. The van der Waals surface area contributed by atoms with Crippen molar-refractivity contribution in [1.29, 1.82) is 0 Å². The third-order valence-electron chi connectivity index (χ3n) is 7.32. The Bertz CT molecular complexity index is 1500. The maximum absolute atomic E-state index is 12.3. The van der Waals surface area contributed by atoms with E-state index in [2.05, 4.69) is 18.3 Å². The summed E-state index contributed by atoms with van der Waals surface area (Å²) < 4.78 is 0. The predicted molar refractivity (Wildman–Crippen MR) is 152 cm³/mol. The van der Waals surface area contributed by atoms with Crippen molar-refractivity contribution in [3.8, 4) is 0 Å². The van der Waals surface area contributed by atoms with E-state index in [1.165, 1.54) is 0 Å². The Morgan fingerprint density at radius 1 is 0.947 bits per heavy atom. The average Bonchev–Trinajstić information content (AvgIpc) is 3.59. The highest BCUT2D eigenvalue weighted by Gasteiger charge is 2.45. The molecule has 5 rings (SSSR count). The molecule has 0 saturated carbocycles. The van der Waals surface area contributed by atoms with Gasteiger partial charge >= 0.3 is 11.9 Å². The van der Waals surface area contributed by atoms with Crippen LogP contribution in [-0.4, -0.2) is 40.1 Å². The van der Waals surface area contributed by atoms with Gasteiger partial charge in [-0.25, -0.2) is 9.59 Å². The van der Waals surface area contributed by atoms with Crippen LogP contribution in [0.25, 0.3) is 10.8 Å². The van der Waals surface area contributed by atoms with Crippen molar-refractivity contribution in [2.75, 3.05) is 0 Å². The molecule has 1 aliphatic heterocycles. The van der Waals surface area contributed by atoms with Gasteiger partial charge in [-0.15, -0.1) is 11.3 Å². The molecule has 0 spiro atoms. The molecule has 3 N–H and O–H groups in total. The highest BCUT2D eigenvalue weighted by molar-refractivity contribution is 7.10. The number of unbranched alkanes of at least 4 members (excludes halogenated alkanes) is 1. The minimum atomic E-state index is -0.967. The number of nitrogens with zero attached hydrogens (tertiary/aromatic N) is 1. The first-order valence-electron chi connectivity index (χ1n) is 12.8. The fraction of sp³-hybridized carbons (Fsp3) is 0.258. The van der Waals surface area contributed by atoms with Gasteiger partial charge in [0.1, 0.15) is 0 Å². The molecule has 3 unspecified atom stereocenters. The third-order valence-corrected chi connectivity index (χ3v) is 8.26. The lowest BCUT2D eigenvalue weighted by Crippen LogP contribution is -2.53. The second-order valence-electron chi connectivity index (χ2n) is 9.76. The fourth-order valence-electron chi connectivity index (χ4n) is 5.61. The van der Waals surface area contributed by atoms with Gasteiger partial charge in [0.2, 0.25) is 0 Å². The second-order valence-corrected chi connectivity index (χ2v) is 10.7. The van der Waals surface area contributed by atoms with Gasteiger partial charge in [0.05, 0.1) is 22.8 Å². The molecular weight excluding hydrogens is 496 g/mol. The molecule has 194 valence electrons. The number of aliphatic imine (C=N–C) groups is 1.